The van der Waals surface area contributed by atoms with Crippen LogP contribution in [0.2, 0.25) is 5.02 Å². The molecule has 1 aromatic rings. The first kappa shape index (κ1) is 14.2. The summed E-state index contributed by atoms with van der Waals surface area (Å²) >= 11 is 6.24. The number of anilines is 1. The van der Waals surface area contributed by atoms with Gasteiger partial charge in [0, 0.05) is 24.3 Å². The Kier molecular flexibility index (Phi) is 4.18. The van der Waals surface area contributed by atoms with Gasteiger partial charge in [-0.3, -0.25) is 4.98 Å². The SMILES string of the molecule is CCOC1CC(Nc2cnccc2Cl)C12CCCCC2. The van der Waals surface area contributed by atoms with Crippen LogP contribution in [0.4, 0.5) is 5.69 Å². The van der Waals surface area contributed by atoms with E-state index in [1.54, 1.807) is 6.20 Å². The molecule has 1 aromatic heterocycles. The molecule has 0 amide bonds. The normalized spacial score (nSPS) is 28.1. The summed E-state index contributed by atoms with van der Waals surface area (Å²) in [7, 11) is 0. The van der Waals surface area contributed by atoms with Gasteiger partial charge < -0.3 is 10.1 Å². The number of nitrogens with one attached hydrogen (secondary N) is 1. The van der Waals surface area contributed by atoms with Crippen molar-refractivity contribution in [3.8, 4) is 0 Å². The lowest BCUT2D eigenvalue weighted by Gasteiger charge is -2.58. The molecule has 0 aromatic carbocycles. The molecule has 4 heteroatoms. The maximum atomic E-state index is 6.24. The van der Waals surface area contributed by atoms with Crippen LogP contribution in [0.15, 0.2) is 18.5 Å². The van der Waals surface area contributed by atoms with Gasteiger partial charge in [-0.25, -0.2) is 0 Å². The molecule has 0 aliphatic heterocycles. The molecule has 0 bridgehead atoms. The minimum atomic E-state index is 0.313. The Hall–Kier alpha value is -0.800. The molecule has 1 heterocycles. The van der Waals surface area contributed by atoms with Crippen molar-refractivity contribution >= 4 is 17.3 Å². The molecule has 2 fully saturated rings. The molecule has 3 nitrogen and oxygen atoms in total. The van der Waals surface area contributed by atoms with Crippen LogP contribution >= 0.6 is 11.6 Å². The fraction of sp³-hybridized carbons (Fsp3) is 0.688. The summed E-state index contributed by atoms with van der Waals surface area (Å²) < 4.78 is 5.98. The van der Waals surface area contributed by atoms with Crippen LogP contribution in [0.5, 0.6) is 0 Å². The highest BCUT2D eigenvalue weighted by atomic mass is 35.5. The monoisotopic (exact) mass is 294 g/mol. The minimum absolute atomic E-state index is 0.313. The summed E-state index contributed by atoms with van der Waals surface area (Å²) in [5.74, 6) is 0. The maximum Gasteiger partial charge on any atom is 0.0718 e. The Morgan fingerprint density at radius 1 is 1.40 bits per heavy atom. The minimum Gasteiger partial charge on any atom is -0.379 e. The highest BCUT2D eigenvalue weighted by Crippen LogP contribution is 2.54. The Morgan fingerprint density at radius 2 is 2.20 bits per heavy atom. The highest BCUT2D eigenvalue weighted by molar-refractivity contribution is 6.33. The first-order valence-corrected chi connectivity index (χ1v) is 8.12. The van der Waals surface area contributed by atoms with Gasteiger partial charge in [0.05, 0.1) is 23.0 Å². The van der Waals surface area contributed by atoms with Crippen LogP contribution in [0.1, 0.15) is 45.4 Å². The smallest absolute Gasteiger partial charge is 0.0718 e. The Labute approximate surface area is 126 Å². The maximum absolute atomic E-state index is 6.24. The summed E-state index contributed by atoms with van der Waals surface area (Å²) in [4.78, 5) is 4.17. The highest BCUT2D eigenvalue weighted by Gasteiger charge is 2.55. The van der Waals surface area contributed by atoms with E-state index in [0.29, 0.717) is 17.6 Å². The summed E-state index contributed by atoms with van der Waals surface area (Å²) in [5, 5.41) is 4.38. The second kappa shape index (κ2) is 5.90. The Balaban J connectivity index is 1.75. The number of aromatic nitrogens is 1. The summed E-state index contributed by atoms with van der Waals surface area (Å²) in [5.41, 5.74) is 1.27. The van der Waals surface area contributed by atoms with E-state index in [1.807, 2.05) is 12.3 Å². The van der Waals surface area contributed by atoms with Crippen molar-refractivity contribution in [2.75, 3.05) is 11.9 Å². The van der Waals surface area contributed by atoms with Crippen molar-refractivity contribution < 1.29 is 4.74 Å². The van der Waals surface area contributed by atoms with E-state index in [4.69, 9.17) is 16.3 Å². The zero-order valence-corrected chi connectivity index (χ0v) is 12.8. The van der Waals surface area contributed by atoms with E-state index in [-0.39, 0.29) is 0 Å². The van der Waals surface area contributed by atoms with Gasteiger partial charge in [0.25, 0.3) is 0 Å². The third kappa shape index (κ3) is 2.42. The van der Waals surface area contributed by atoms with E-state index in [9.17, 15) is 0 Å². The number of hydrogen-bond acceptors (Lipinski definition) is 3. The Morgan fingerprint density at radius 3 is 2.90 bits per heavy atom. The number of rotatable bonds is 4. The first-order valence-electron chi connectivity index (χ1n) is 7.74. The van der Waals surface area contributed by atoms with Gasteiger partial charge in [-0.1, -0.05) is 30.9 Å². The van der Waals surface area contributed by atoms with E-state index in [1.165, 1.54) is 32.1 Å². The largest absolute Gasteiger partial charge is 0.379 e. The molecule has 3 rings (SSSR count). The lowest BCUT2D eigenvalue weighted by Crippen LogP contribution is -2.62. The molecule has 0 saturated heterocycles. The zero-order valence-electron chi connectivity index (χ0n) is 12.1. The Bertz CT molecular complexity index is 460. The fourth-order valence-corrected chi connectivity index (χ4v) is 4.10. The quantitative estimate of drug-likeness (QED) is 0.900. The molecule has 20 heavy (non-hydrogen) atoms. The van der Waals surface area contributed by atoms with Crippen molar-refractivity contribution in [1.82, 2.24) is 4.98 Å². The molecule has 2 unspecified atom stereocenters. The lowest BCUT2D eigenvalue weighted by molar-refractivity contribution is -0.134. The van der Waals surface area contributed by atoms with Crippen LogP contribution in [-0.4, -0.2) is 23.7 Å². The molecule has 1 N–H and O–H groups in total. The molecule has 2 aliphatic rings. The van der Waals surface area contributed by atoms with Gasteiger partial charge in [-0.15, -0.1) is 0 Å². The van der Waals surface area contributed by atoms with Crippen molar-refractivity contribution in [3.63, 3.8) is 0 Å². The molecule has 0 radical (unpaired) electrons. The average molecular weight is 295 g/mol. The van der Waals surface area contributed by atoms with Crippen LogP contribution < -0.4 is 5.32 Å². The topological polar surface area (TPSA) is 34.1 Å². The van der Waals surface area contributed by atoms with Crippen molar-refractivity contribution in [3.05, 3.63) is 23.5 Å². The van der Waals surface area contributed by atoms with E-state index in [2.05, 4.69) is 17.2 Å². The summed E-state index contributed by atoms with van der Waals surface area (Å²) in [6, 6.07) is 2.32. The molecule has 2 saturated carbocycles. The van der Waals surface area contributed by atoms with Gasteiger partial charge in [0.15, 0.2) is 0 Å². The zero-order chi connectivity index (χ0) is 14.0. The van der Waals surface area contributed by atoms with E-state index < -0.39 is 0 Å². The fourth-order valence-electron chi connectivity index (χ4n) is 3.94. The average Bonchev–Trinajstić information content (AvgIpc) is 2.49. The predicted molar refractivity (Wildman–Crippen MR) is 82.2 cm³/mol. The van der Waals surface area contributed by atoms with Crippen LogP contribution in [0.3, 0.4) is 0 Å². The first-order chi connectivity index (χ1) is 9.76. The molecule has 2 aliphatic carbocycles. The molecule has 2 atom stereocenters. The summed E-state index contributed by atoms with van der Waals surface area (Å²) in [6.45, 7) is 2.90. The van der Waals surface area contributed by atoms with Crippen molar-refractivity contribution in [2.45, 2.75) is 57.6 Å². The molecule has 110 valence electrons. The lowest BCUT2D eigenvalue weighted by atomic mass is 9.55. The standard InChI is InChI=1S/C16H23ClN2O/c1-2-20-15-10-14(16(15)7-4-3-5-8-16)19-13-11-18-9-6-12(13)17/h6,9,11,14-15,19H,2-5,7-8,10H2,1H3. The van der Waals surface area contributed by atoms with Gasteiger partial charge in [-0.05, 0) is 32.3 Å². The molecule has 1 spiro atoms. The van der Waals surface area contributed by atoms with Crippen molar-refractivity contribution in [1.29, 1.82) is 0 Å². The second-order valence-corrected chi connectivity index (χ2v) is 6.43. The van der Waals surface area contributed by atoms with Crippen LogP contribution in [0.25, 0.3) is 0 Å². The number of halogens is 1. The number of ether oxygens (including phenoxy) is 1. The molecular formula is C16H23ClN2O. The van der Waals surface area contributed by atoms with Crippen LogP contribution in [-0.2, 0) is 4.74 Å². The molecular weight excluding hydrogens is 272 g/mol. The van der Waals surface area contributed by atoms with Gasteiger partial charge >= 0.3 is 0 Å². The third-order valence-electron chi connectivity index (χ3n) is 5.03. The third-order valence-corrected chi connectivity index (χ3v) is 5.36. The van der Waals surface area contributed by atoms with Gasteiger partial charge in [0.1, 0.15) is 0 Å². The second-order valence-electron chi connectivity index (χ2n) is 6.03. The number of pyridine rings is 1. The van der Waals surface area contributed by atoms with Gasteiger partial charge in [0.2, 0.25) is 0 Å². The number of nitrogens with zero attached hydrogens (tertiary/aromatic N) is 1. The predicted octanol–water partition coefficient (Wildman–Crippen LogP) is 4.27. The number of hydrogen-bond donors (Lipinski definition) is 1. The van der Waals surface area contributed by atoms with Crippen molar-refractivity contribution in [2.24, 2.45) is 5.41 Å². The summed E-state index contributed by atoms with van der Waals surface area (Å²) in [6.07, 6.45) is 11.6. The van der Waals surface area contributed by atoms with Crippen LogP contribution in [0, 0.1) is 5.41 Å². The van der Waals surface area contributed by atoms with E-state index >= 15 is 0 Å². The van der Waals surface area contributed by atoms with Gasteiger partial charge in [-0.2, -0.15) is 0 Å². The van der Waals surface area contributed by atoms with E-state index in [0.717, 1.165) is 23.7 Å².